The van der Waals surface area contributed by atoms with Crippen molar-refractivity contribution >= 4 is 17.4 Å². The molecule has 0 aromatic heterocycles. The number of hydrogen-bond donors (Lipinski definition) is 0. The molecule has 0 spiro atoms. The van der Waals surface area contributed by atoms with E-state index in [1.54, 1.807) is 12.1 Å². The van der Waals surface area contributed by atoms with Gasteiger partial charge in [0.05, 0.1) is 5.02 Å². The first kappa shape index (κ1) is 10.0. The van der Waals surface area contributed by atoms with Crippen LogP contribution in [-0.2, 0) is 0 Å². The van der Waals surface area contributed by atoms with E-state index >= 15 is 0 Å². The van der Waals surface area contributed by atoms with Crippen molar-refractivity contribution in [2.75, 3.05) is 0 Å². The molecule has 0 saturated carbocycles. The molecule has 68 valence electrons. The maximum absolute atomic E-state index is 11.5. The van der Waals surface area contributed by atoms with E-state index in [2.05, 4.69) is 6.58 Å². The minimum atomic E-state index is 0.0173. The van der Waals surface area contributed by atoms with E-state index in [4.69, 9.17) is 11.6 Å². The van der Waals surface area contributed by atoms with Crippen molar-refractivity contribution in [3.63, 3.8) is 0 Å². The second kappa shape index (κ2) is 4.24. The average Bonchev–Trinajstić information content (AvgIpc) is 2.10. The van der Waals surface area contributed by atoms with E-state index < -0.39 is 0 Å². The van der Waals surface area contributed by atoms with Gasteiger partial charge in [-0.1, -0.05) is 29.8 Å². The summed E-state index contributed by atoms with van der Waals surface area (Å²) in [7, 11) is 0. The fourth-order valence-electron chi connectivity index (χ4n) is 1.10. The number of hydrogen-bond acceptors (Lipinski definition) is 1. The molecule has 0 atom stereocenters. The zero-order valence-corrected chi connectivity index (χ0v) is 8.27. The second-order valence-electron chi connectivity index (χ2n) is 2.85. The third kappa shape index (κ3) is 2.19. The highest BCUT2D eigenvalue weighted by Crippen LogP contribution is 2.21. The fraction of sp³-hybridized carbons (Fsp3) is 0.182. The lowest BCUT2D eigenvalue weighted by Gasteiger charge is -2.03. The van der Waals surface area contributed by atoms with Gasteiger partial charge in [-0.15, -0.1) is 6.58 Å². The zero-order valence-electron chi connectivity index (χ0n) is 7.51. The van der Waals surface area contributed by atoms with Crippen LogP contribution in [0.15, 0.2) is 30.9 Å². The first-order valence-electron chi connectivity index (χ1n) is 4.06. The van der Waals surface area contributed by atoms with Crippen molar-refractivity contribution in [1.82, 2.24) is 0 Å². The van der Waals surface area contributed by atoms with Gasteiger partial charge < -0.3 is 0 Å². The quantitative estimate of drug-likeness (QED) is 0.533. The molecule has 0 aliphatic rings. The topological polar surface area (TPSA) is 17.1 Å². The predicted molar refractivity (Wildman–Crippen MR) is 55.3 cm³/mol. The average molecular weight is 195 g/mol. The Hall–Kier alpha value is -1.08. The highest BCUT2D eigenvalue weighted by Gasteiger charge is 2.09. The van der Waals surface area contributed by atoms with Gasteiger partial charge in [-0.05, 0) is 18.6 Å². The lowest BCUT2D eigenvalue weighted by Crippen LogP contribution is -1.98. The Labute approximate surface area is 83.0 Å². The Kier molecular flexibility index (Phi) is 3.26. The molecule has 0 radical (unpaired) electrons. The first-order valence-corrected chi connectivity index (χ1v) is 4.44. The molecule has 1 aromatic carbocycles. The summed E-state index contributed by atoms with van der Waals surface area (Å²) < 4.78 is 0. The number of carbonyl (C=O) groups excluding carboxylic acids is 1. The van der Waals surface area contributed by atoms with Gasteiger partial charge in [0.2, 0.25) is 0 Å². The normalized spacial score (nSPS) is 9.69. The molecular formula is C11H11ClO. The van der Waals surface area contributed by atoms with Crippen LogP contribution in [0.1, 0.15) is 22.3 Å². The predicted octanol–water partition coefficient (Wildman–Crippen LogP) is 3.41. The number of Topliss-reactive ketones (excluding diaryl/α,β-unsaturated/α-hetero) is 1. The van der Waals surface area contributed by atoms with Crippen LogP contribution in [0, 0.1) is 6.92 Å². The molecule has 0 saturated heterocycles. The molecule has 0 fully saturated rings. The van der Waals surface area contributed by atoms with E-state index in [9.17, 15) is 4.79 Å². The van der Waals surface area contributed by atoms with Crippen LogP contribution in [0.25, 0.3) is 0 Å². The summed E-state index contributed by atoms with van der Waals surface area (Å²) in [4.78, 5) is 11.5. The molecule has 0 heterocycles. The minimum Gasteiger partial charge on any atom is -0.294 e. The minimum absolute atomic E-state index is 0.0173. The summed E-state index contributed by atoms with van der Waals surface area (Å²) in [6.07, 6.45) is 1.92. The molecule has 0 unspecified atom stereocenters. The van der Waals surface area contributed by atoms with E-state index in [-0.39, 0.29) is 5.78 Å². The highest BCUT2D eigenvalue weighted by molar-refractivity contribution is 6.34. The van der Waals surface area contributed by atoms with Gasteiger partial charge in [-0.3, -0.25) is 4.79 Å². The van der Waals surface area contributed by atoms with E-state index in [1.807, 2.05) is 19.1 Å². The highest BCUT2D eigenvalue weighted by atomic mass is 35.5. The Bertz CT molecular complexity index is 342. The van der Waals surface area contributed by atoms with Crippen LogP contribution in [0.4, 0.5) is 0 Å². The van der Waals surface area contributed by atoms with E-state index in [0.29, 0.717) is 17.0 Å². The molecular weight excluding hydrogens is 184 g/mol. The molecule has 13 heavy (non-hydrogen) atoms. The van der Waals surface area contributed by atoms with Crippen LogP contribution >= 0.6 is 11.6 Å². The number of benzene rings is 1. The van der Waals surface area contributed by atoms with Crippen LogP contribution in [-0.4, -0.2) is 5.78 Å². The number of carbonyl (C=O) groups is 1. The molecule has 0 aliphatic carbocycles. The van der Waals surface area contributed by atoms with E-state index in [1.165, 1.54) is 0 Å². The van der Waals surface area contributed by atoms with Crippen molar-refractivity contribution in [2.24, 2.45) is 0 Å². The standard InChI is InChI=1S/C11H11ClO/c1-3-5-10(13)9-7-4-6-8(2)11(9)12/h3-4,6-7H,1,5H2,2H3. The smallest absolute Gasteiger partial charge is 0.168 e. The van der Waals surface area contributed by atoms with Gasteiger partial charge in [0.15, 0.2) is 5.78 Å². The SMILES string of the molecule is C=CCC(=O)c1cccc(C)c1Cl. The summed E-state index contributed by atoms with van der Waals surface area (Å²) in [5, 5.41) is 0.550. The number of halogens is 1. The first-order chi connectivity index (χ1) is 6.16. The van der Waals surface area contributed by atoms with Gasteiger partial charge in [0, 0.05) is 12.0 Å². The number of ketones is 1. The Morgan fingerprint density at radius 2 is 2.31 bits per heavy atom. The van der Waals surface area contributed by atoms with Gasteiger partial charge in [0.25, 0.3) is 0 Å². The van der Waals surface area contributed by atoms with Crippen molar-refractivity contribution < 1.29 is 4.79 Å². The van der Waals surface area contributed by atoms with Gasteiger partial charge in [-0.25, -0.2) is 0 Å². The summed E-state index contributed by atoms with van der Waals surface area (Å²) in [5.74, 6) is 0.0173. The summed E-state index contributed by atoms with van der Waals surface area (Å²) in [5.41, 5.74) is 1.51. The summed E-state index contributed by atoms with van der Waals surface area (Å²) in [6, 6.07) is 5.45. The Balaban J connectivity index is 3.07. The van der Waals surface area contributed by atoms with Gasteiger partial charge in [0.1, 0.15) is 0 Å². The molecule has 0 N–H and O–H groups in total. The molecule has 0 bridgehead atoms. The molecule has 2 heteroatoms. The fourth-order valence-corrected chi connectivity index (χ4v) is 1.34. The molecule has 1 aromatic rings. The van der Waals surface area contributed by atoms with Crippen LogP contribution in [0.2, 0.25) is 5.02 Å². The molecule has 0 amide bonds. The third-order valence-electron chi connectivity index (χ3n) is 1.82. The van der Waals surface area contributed by atoms with Gasteiger partial charge in [-0.2, -0.15) is 0 Å². The van der Waals surface area contributed by atoms with Crippen molar-refractivity contribution in [3.05, 3.63) is 47.0 Å². The van der Waals surface area contributed by atoms with Crippen LogP contribution < -0.4 is 0 Å². The number of allylic oxidation sites excluding steroid dienone is 1. The molecule has 1 rings (SSSR count). The van der Waals surface area contributed by atoms with E-state index in [0.717, 1.165) is 5.56 Å². The summed E-state index contributed by atoms with van der Waals surface area (Å²) >= 11 is 5.97. The summed E-state index contributed by atoms with van der Waals surface area (Å²) in [6.45, 7) is 5.40. The number of aryl methyl sites for hydroxylation is 1. The third-order valence-corrected chi connectivity index (χ3v) is 2.32. The molecule has 0 aliphatic heterocycles. The van der Waals surface area contributed by atoms with Crippen molar-refractivity contribution in [3.8, 4) is 0 Å². The van der Waals surface area contributed by atoms with Crippen LogP contribution in [0.5, 0.6) is 0 Å². The Morgan fingerprint density at radius 3 is 2.92 bits per heavy atom. The number of rotatable bonds is 3. The van der Waals surface area contributed by atoms with Gasteiger partial charge >= 0.3 is 0 Å². The maximum Gasteiger partial charge on any atom is 0.168 e. The lowest BCUT2D eigenvalue weighted by atomic mass is 10.1. The maximum atomic E-state index is 11.5. The largest absolute Gasteiger partial charge is 0.294 e. The van der Waals surface area contributed by atoms with Crippen molar-refractivity contribution in [2.45, 2.75) is 13.3 Å². The molecule has 1 nitrogen and oxygen atoms in total. The lowest BCUT2D eigenvalue weighted by molar-refractivity contribution is 0.0996. The second-order valence-corrected chi connectivity index (χ2v) is 3.23. The zero-order chi connectivity index (χ0) is 9.84. The monoisotopic (exact) mass is 194 g/mol. The Morgan fingerprint density at radius 1 is 1.62 bits per heavy atom. The van der Waals surface area contributed by atoms with Crippen LogP contribution in [0.3, 0.4) is 0 Å². The van der Waals surface area contributed by atoms with Crippen molar-refractivity contribution in [1.29, 1.82) is 0 Å².